The number of hydrogen-bond acceptors (Lipinski definition) is 2. The molecule has 1 fully saturated rings. The van der Waals surface area contributed by atoms with E-state index < -0.39 is 0 Å². The maximum atomic E-state index is 12.1. The van der Waals surface area contributed by atoms with E-state index in [4.69, 9.17) is 16.0 Å². The van der Waals surface area contributed by atoms with Gasteiger partial charge in [-0.05, 0) is 25.0 Å². The van der Waals surface area contributed by atoms with Gasteiger partial charge in [0.05, 0.1) is 5.02 Å². The molecule has 16 heavy (non-hydrogen) atoms. The molecule has 0 atom stereocenters. The SMILES string of the molecule is CC1(C(=O)c2cc3cccc(Cl)c3o2)CC1. The van der Waals surface area contributed by atoms with Crippen molar-refractivity contribution in [2.75, 3.05) is 0 Å². The lowest BCUT2D eigenvalue weighted by molar-refractivity contribution is 0.0886. The Morgan fingerprint density at radius 1 is 1.44 bits per heavy atom. The summed E-state index contributed by atoms with van der Waals surface area (Å²) in [7, 11) is 0. The lowest BCUT2D eigenvalue weighted by Gasteiger charge is -2.02. The quantitative estimate of drug-likeness (QED) is 0.734. The summed E-state index contributed by atoms with van der Waals surface area (Å²) >= 11 is 6.00. The van der Waals surface area contributed by atoms with Crippen LogP contribution in [-0.4, -0.2) is 5.78 Å². The molecule has 1 aromatic heterocycles. The molecule has 1 heterocycles. The summed E-state index contributed by atoms with van der Waals surface area (Å²) in [6.45, 7) is 1.98. The van der Waals surface area contributed by atoms with Crippen molar-refractivity contribution in [3.8, 4) is 0 Å². The molecule has 1 aliphatic carbocycles. The second-order valence-electron chi connectivity index (χ2n) is 4.66. The van der Waals surface area contributed by atoms with E-state index in [1.165, 1.54) is 0 Å². The van der Waals surface area contributed by atoms with Gasteiger partial charge in [0.2, 0.25) is 5.78 Å². The van der Waals surface area contributed by atoms with E-state index in [2.05, 4.69) is 0 Å². The zero-order valence-corrected chi connectivity index (χ0v) is 9.67. The molecule has 3 rings (SSSR count). The lowest BCUT2D eigenvalue weighted by Crippen LogP contribution is -2.10. The van der Waals surface area contributed by atoms with Crippen molar-refractivity contribution >= 4 is 28.4 Å². The van der Waals surface area contributed by atoms with Crippen molar-refractivity contribution in [3.05, 3.63) is 35.0 Å². The van der Waals surface area contributed by atoms with Crippen molar-refractivity contribution in [3.63, 3.8) is 0 Å². The van der Waals surface area contributed by atoms with Gasteiger partial charge in [-0.2, -0.15) is 0 Å². The maximum absolute atomic E-state index is 12.1. The summed E-state index contributed by atoms with van der Waals surface area (Å²) in [6.07, 6.45) is 1.91. The van der Waals surface area contributed by atoms with Crippen LogP contribution in [0, 0.1) is 5.41 Å². The molecule has 0 N–H and O–H groups in total. The lowest BCUT2D eigenvalue weighted by atomic mass is 10.0. The Morgan fingerprint density at radius 3 is 2.81 bits per heavy atom. The van der Waals surface area contributed by atoms with Gasteiger partial charge in [-0.3, -0.25) is 4.79 Å². The third-order valence-corrected chi connectivity index (χ3v) is 3.57. The highest BCUT2D eigenvalue weighted by Crippen LogP contribution is 2.48. The number of hydrogen-bond donors (Lipinski definition) is 0. The minimum Gasteiger partial charge on any atom is -0.451 e. The van der Waals surface area contributed by atoms with E-state index in [0.29, 0.717) is 16.4 Å². The van der Waals surface area contributed by atoms with Gasteiger partial charge >= 0.3 is 0 Å². The maximum Gasteiger partial charge on any atom is 0.203 e. The molecule has 2 aromatic rings. The number of benzene rings is 1. The predicted octanol–water partition coefficient (Wildman–Crippen LogP) is 4.07. The summed E-state index contributed by atoms with van der Waals surface area (Å²) in [5, 5.41) is 1.44. The number of para-hydroxylation sites is 1. The first-order chi connectivity index (χ1) is 7.60. The minimum atomic E-state index is -0.194. The zero-order chi connectivity index (χ0) is 11.3. The summed E-state index contributed by atoms with van der Waals surface area (Å²) in [5.41, 5.74) is 0.414. The highest BCUT2D eigenvalue weighted by molar-refractivity contribution is 6.34. The van der Waals surface area contributed by atoms with E-state index in [1.54, 1.807) is 12.1 Å². The fourth-order valence-electron chi connectivity index (χ4n) is 1.85. The van der Waals surface area contributed by atoms with Gasteiger partial charge in [0, 0.05) is 10.8 Å². The van der Waals surface area contributed by atoms with Gasteiger partial charge in [0.25, 0.3) is 0 Å². The summed E-state index contributed by atoms with van der Waals surface area (Å²) in [6, 6.07) is 7.30. The molecule has 0 unspecified atom stereocenters. The number of ketones is 1. The van der Waals surface area contributed by atoms with Crippen LogP contribution in [0.15, 0.2) is 28.7 Å². The zero-order valence-electron chi connectivity index (χ0n) is 8.92. The molecule has 0 bridgehead atoms. The van der Waals surface area contributed by atoms with E-state index in [1.807, 2.05) is 19.1 Å². The Morgan fingerprint density at radius 2 is 2.19 bits per heavy atom. The van der Waals surface area contributed by atoms with E-state index in [9.17, 15) is 4.79 Å². The van der Waals surface area contributed by atoms with Crippen LogP contribution < -0.4 is 0 Å². The van der Waals surface area contributed by atoms with Gasteiger partial charge in [-0.25, -0.2) is 0 Å². The van der Waals surface area contributed by atoms with Crippen molar-refractivity contribution in [1.29, 1.82) is 0 Å². The van der Waals surface area contributed by atoms with Crippen LogP contribution in [0.25, 0.3) is 11.0 Å². The Hall–Kier alpha value is -1.28. The average molecular weight is 235 g/mol. The standard InChI is InChI=1S/C13H11ClO2/c1-13(5-6-13)12(15)10-7-8-3-2-4-9(14)11(8)16-10/h2-4,7H,5-6H2,1H3. The van der Waals surface area contributed by atoms with Crippen LogP contribution in [0.2, 0.25) is 5.02 Å². The van der Waals surface area contributed by atoms with Crippen molar-refractivity contribution < 1.29 is 9.21 Å². The van der Waals surface area contributed by atoms with E-state index in [0.717, 1.165) is 18.2 Å². The number of fused-ring (bicyclic) bond motifs is 1. The Balaban J connectivity index is 2.12. The second-order valence-corrected chi connectivity index (χ2v) is 5.07. The molecular weight excluding hydrogens is 224 g/mol. The van der Waals surface area contributed by atoms with E-state index in [-0.39, 0.29) is 11.2 Å². The fourth-order valence-corrected chi connectivity index (χ4v) is 2.07. The van der Waals surface area contributed by atoms with Crippen LogP contribution in [0.1, 0.15) is 30.3 Å². The first-order valence-electron chi connectivity index (χ1n) is 5.33. The Bertz CT molecular complexity index is 579. The minimum absolute atomic E-state index is 0.0970. The highest BCUT2D eigenvalue weighted by Gasteiger charge is 2.46. The summed E-state index contributed by atoms with van der Waals surface area (Å²) in [5.74, 6) is 0.530. The molecule has 1 aromatic carbocycles. The Kier molecular flexibility index (Phi) is 1.93. The first-order valence-corrected chi connectivity index (χ1v) is 5.71. The molecular formula is C13H11ClO2. The van der Waals surface area contributed by atoms with Crippen LogP contribution >= 0.6 is 11.6 Å². The van der Waals surface area contributed by atoms with Gasteiger partial charge in [0.1, 0.15) is 0 Å². The number of Topliss-reactive ketones (excluding diaryl/α,β-unsaturated/α-hetero) is 1. The molecule has 2 nitrogen and oxygen atoms in total. The normalized spacial score (nSPS) is 17.6. The fraction of sp³-hybridized carbons (Fsp3) is 0.308. The molecule has 0 radical (unpaired) electrons. The van der Waals surface area contributed by atoms with Gasteiger partial charge in [0.15, 0.2) is 11.3 Å². The van der Waals surface area contributed by atoms with Crippen molar-refractivity contribution in [2.24, 2.45) is 5.41 Å². The number of rotatable bonds is 2. The molecule has 0 saturated heterocycles. The summed E-state index contributed by atoms with van der Waals surface area (Å²) < 4.78 is 5.55. The second kappa shape index (κ2) is 3.11. The van der Waals surface area contributed by atoms with Crippen LogP contribution in [0.4, 0.5) is 0 Å². The molecule has 0 amide bonds. The molecule has 3 heteroatoms. The van der Waals surface area contributed by atoms with Crippen LogP contribution in [0.5, 0.6) is 0 Å². The van der Waals surface area contributed by atoms with Gasteiger partial charge < -0.3 is 4.42 Å². The number of carbonyl (C=O) groups is 1. The van der Waals surface area contributed by atoms with Crippen molar-refractivity contribution in [2.45, 2.75) is 19.8 Å². The molecule has 1 aliphatic rings. The molecule has 0 aliphatic heterocycles. The van der Waals surface area contributed by atoms with Gasteiger partial charge in [-0.1, -0.05) is 30.7 Å². The molecule has 0 spiro atoms. The number of halogens is 1. The topological polar surface area (TPSA) is 30.2 Å². The van der Waals surface area contributed by atoms with Crippen LogP contribution in [0.3, 0.4) is 0 Å². The monoisotopic (exact) mass is 234 g/mol. The van der Waals surface area contributed by atoms with Crippen LogP contribution in [-0.2, 0) is 0 Å². The van der Waals surface area contributed by atoms with Crippen molar-refractivity contribution in [1.82, 2.24) is 0 Å². The third-order valence-electron chi connectivity index (χ3n) is 3.27. The predicted molar refractivity (Wildman–Crippen MR) is 62.9 cm³/mol. The number of furan rings is 1. The van der Waals surface area contributed by atoms with E-state index >= 15 is 0 Å². The molecule has 82 valence electrons. The largest absolute Gasteiger partial charge is 0.451 e. The first kappa shape index (κ1) is 9.91. The third kappa shape index (κ3) is 1.37. The Labute approximate surface area is 98.2 Å². The molecule has 1 saturated carbocycles. The highest BCUT2D eigenvalue weighted by atomic mass is 35.5. The van der Waals surface area contributed by atoms with Gasteiger partial charge in [-0.15, -0.1) is 0 Å². The summed E-state index contributed by atoms with van der Waals surface area (Å²) in [4.78, 5) is 12.1. The smallest absolute Gasteiger partial charge is 0.203 e. The number of carbonyl (C=O) groups excluding carboxylic acids is 1. The average Bonchev–Trinajstić information content (AvgIpc) is 2.86.